The molecule has 0 N–H and O–H groups in total. The molecule has 0 radical (unpaired) electrons. The molecule has 0 heterocycles. The Bertz CT molecular complexity index is 359. The van der Waals surface area contributed by atoms with Gasteiger partial charge in [0.15, 0.2) is 0 Å². The van der Waals surface area contributed by atoms with Crippen LogP contribution in [0.4, 0.5) is 0 Å². The predicted octanol–water partition coefficient (Wildman–Crippen LogP) is 4.27. The van der Waals surface area contributed by atoms with Gasteiger partial charge in [0, 0.05) is 5.88 Å². The van der Waals surface area contributed by atoms with Crippen LogP contribution in [0.3, 0.4) is 0 Å². The van der Waals surface area contributed by atoms with Crippen LogP contribution in [0.1, 0.15) is 26.3 Å². The fourth-order valence-electron chi connectivity index (χ4n) is 1.24. The van der Waals surface area contributed by atoms with Crippen LogP contribution in [0, 0.1) is 0 Å². The summed E-state index contributed by atoms with van der Waals surface area (Å²) in [6.07, 6.45) is 0. The Morgan fingerprint density at radius 3 is 2.41 bits per heavy atom. The summed E-state index contributed by atoms with van der Waals surface area (Å²) in [5, 5.41) is 0.582. The van der Waals surface area contributed by atoms with E-state index in [0.717, 1.165) is 5.56 Å². The van der Waals surface area contributed by atoms with Gasteiger partial charge in [-0.3, -0.25) is 0 Å². The number of rotatable bonds is 5. The van der Waals surface area contributed by atoms with Gasteiger partial charge in [-0.25, -0.2) is 0 Å². The quantitative estimate of drug-likeness (QED) is 0.591. The second-order valence-corrected chi connectivity index (χ2v) is 5.38. The van der Waals surface area contributed by atoms with E-state index in [1.165, 1.54) is 0 Å². The van der Waals surface area contributed by atoms with Gasteiger partial charge < -0.3 is 9.47 Å². The van der Waals surface area contributed by atoms with Crippen molar-refractivity contribution in [1.82, 2.24) is 0 Å². The van der Waals surface area contributed by atoms with Gasteiger partial charge in [-0.1, -0.05) is 17.7 Å². The zero-order valence-electron chi connectivity index (χ0n) is 10.4. The molecule has 0 atom stereocenters. The first-order valence-corrected chi connectivity index (χ1v) is 6.45. The summed E-state index contributed by atoms with van der Waals surface area (Å²) in [5.41, 5.74) is 0.838. The Balaban J connectivity index is 2.42. The molecule has 2 nitrogen and oxygen atoms in total. The molecule has 1 aromatic carbocycles. The molecule has 1 rings (SSSR count). The monoisotopic (exact) mass is 276 g/mol. The summed E-state index contributed by atoms with van der Waals surface area (Å²) in [6, 6.07) is 5.55. The van der Waals surface area contributed by atoms with Gasteiger partial charge in [-0.05, 0) is 38.5 Å². The second-order valence-electron chi connectivity index (χ2n) is 4.71. The fraction of sp³-hybridized carbons (Fsp3) is 0.538. The molecular weight excluding hydrogens is 259 g/mol. The zero-order chi connectivity index (χ0) is 12.9. The first kappa shape index (κ1) is 14.6. The van der Waals surface area contributed by atoms with Gasteiger partial charge >= 0.3 is 0 Å². The summed E-state index contributed by atoms with van der Waals surface area (Å²) >= 11 is 11.8. The van der Waals surface area contributed by atoms with Crippen LogP contribution in [0.5, 0.6) is 5.75 Å². The molecule has 0 saturated carbocycles. The molecule has 0 aliphatic heterocycles. The summed E-state index contributed by atoms with van der Waals surface area (Å²) in [5.74, 6) is 1.12. The molecule has 0 amide bonds. The van der Waals surface area contributed by atoms with Gasteiger partial charge in [0.05, 0.1) is 17.2 Å². The molecule has 0 fully saturated rings. The molecule has 0 spiro atoms. The maximum Gasteiger partial charge on any atom is 0.138 e. The lowest BCUT2D eigenvalue weighted by Crippen LogP contribution is -2.22. The van der Waals surface area contributed by atoms with Gasteiger partial charge in [0.1, 0.15) is 12.4 Å². The van der Waals surface area contributed by atoms with Gasteiger partial charge in [-0.15, -0.1) is 11.6 Å². The van der Waals surface area contributed by atoms with Crippen molar-refractivity contribution in [2.24, 2.45) is 0 Å². The Labute approximate surface area is 113 Å². The second kappa shape index (κ2) is 6.48. The van der Waals surface area contributed by atoms with E-state index in [1.807, 2.05) is 39.0 Å². The summed E-state index contributed by atoms with van der Waals surface area (Å²) in [6.45, 7) is 7.05. The van der Waals surface area contributed by atoms with Crippen molar-refractivity contribution in [2.45, 2.75) is 32.3 Å². The Hall–Kier alpha value is -0.440. The Morgan fingerprint density at radius 2 is 1.88 bits per heavy atom. The van der Waals surface area contributed by atoms with Crippen LogP contribution in [0.15, 0.2) is 18.2 Å². The third-order valence-corrected chi connectivity index (χ3v) is 2.63. The van der Waals surface area contributed by atoms with E-state index in [2.05, 4.69) is 0 Å². The number of hydrogen-bond acceptors (Lipinski definition) is 2. The predicted molar refractivity (Wildman–Crippen MR) is 72.2 cm³/mol. The van der Waals surface area contributed by atoms with Crippen molar-refractivity contribution in [3.8, 4) is 5.75 Å². The van der Waals surface area contributed by atoms with Crippen molar-refractivity contribution in [3.05, 3.63) is 28.8 Å². The largest absolute Gasteiger partial charge is 0.490 e. The van der Waals surface area contributed by atoms with Crippen LogP contribution in [0.25, 0.3) is 0 Å². The van der Waals surface area contributed by atoms with E-state index in [0.29, 0.717) is 29.9 Å². The third kappa shape index (κ3) is 5.62. The molecule has 0 unspecified atom stereocenters. The van der Waals surface area contributed by atoms with Gasteiger partial charge in [-0.2, -0.15) is 0 Å². The molecule has 96 valence electrons. The Morgan fingerprint density at radius 1 is 1.18 bits per heavy atom. The van der Waals surface area contributed by atoms with Gasteiger partial charge in [0.2, 0.25) is 0 Å². The maximum atomic E-state index is 6.05. The molecule has 0 aliphatic rings. The number of halogens is 2. The lowest BCUT2D eigenvalue weighted by atomic mass is 10.2. The summed E-state index contributed by atoms with van der Waals surface area (Å²) in [4.78, 5) is 0. The van der Waals surface area contributed by atoms with Crippen molar-refractivity contribution >= 4 is 23.2 Å². The van der Waals surface area contributed by atoms with E-state index in [-0.39, 0.29) is 5.60 Å². The molecule has 0 bridgehead atoms. The minimum Gasteiger partial charge on any atom is -0.490 e. The van der Waals surface area contributed by atoms with Crippen LogP contribution < -0.4 is 4.74 Å². The molecule has 17 heavy (non-hydrogen) atoms. The number of ether oxygens (including phenoxy) is 2. The highest BCUT2D eigenvalue weighted by Crippen LogP contribution is 2.26. The lowest BCUT2D eigenvalue weighted by Gasteiger charge is -2.19. The highest BCUT2D eigenvalue weighted by atomic mass is 35.5. The molecular formula is C13H18Cl2O2. The first-order chi connectivity index (χ1) is 7.92. The SMILES string of the molecule is CC(C)(C)OCCOc1ccc(CCl)cc1Cl. The van der Waals surface area contributed by atoms with Crippen molar-refractivity contribution < 1.29 is 9.47 Å². The van der Waals surface area contributed by atoms with Crippen molar-refractivity contribution in [2.75, 3.05) is 13.2 Å². The van der Waals surface area contributed by atoms with E-state index in [1.54, 1.807) is 0 Å². The molecule has 0 aromatic heterocycles. The highest BCUT2D eigenvalue weighted by molar-refractivity contribution is 6.32. The summed E-state index contributed by atoms with van der Waals surface area (Å²) < 4.78 is 11.1. The standard InChI is InChI=1S/C13H18Cl2O2/c1-13(2,3)17-7-6-16-12-5-4-10(9-14)8-11(12)15/h4-5,8H,6-7,9H2,1-3H3. The van der Waals surface area contributed by atoms with E-state index >= 15 is 0 Å². The fourth-order valence-corrected chi connectivity index (χ4v) is 1.67. The normalized spacial score (nSPS) is 11.6. The smallest absolute Gasteiger partial charge is 0.138 e. The number of hydrogen-bond donors (Lipinski definition) is 0. The van der Waals surface area contributed by atoms with Crippen LogP contribution in [-0.2, 0) is 10.6 Å². The highest BCUT2D eigenvalue weighted by Gasteiger charge is 2.09. The van der Waals surface area contributed by atoms with Crippen molar-refractivity contribution in [1.29, 1.82) is 0 Å². The maximum absolute atomic E-state index is 6.05. The minimum atomic E-state index is -0.143. The third-order valence-electron chi connectivity index (χ3n) is 2.03. The lowest BCUT2D eigenvalue weighted by molar-refractivity contribution is -0.0162. The molecule has 1 aromatic rings. The minimum absolute atomic E-state index is 0.143. The van der Waals surface area contributed by atoms with Crippen molar-refractivity contribution in [3.63, 3.8) is 0 Å². The number of benzene rings is 1. The van der Waals surface area contributed by atoms with Crippen LogP contribution >= 0.6 is 23.2 Å². The van der Waals surface area contributed by atoms with Gasteiger partial charge in [0.25, 0.3) is 0 Å². The molecule has 0 aliphatic carbocycles. The summed E-state index contributed by atoms with van der Waals surface area (Å²) in [7, 11) is 0. The van der Waals surface area contributed by atoms with Crippen LogP contribution in [0.2, 0.25) is 5.02 Å². The Kier molecular flexibility index (Phi) is 5.57. The average molecular weight is 277 g/mol. The topological polar surface area (TPSA) is 18.5 Å². The average Bonchev–Trinajstić information content (AvgIpc) is 2.24. The molecule has 4 heteroatoms. The first-order valence-electron chi connectivity index (χ1n) is 5.53. The van der Waals surface area contributed by atoms with E-state index < -0.39 is 0 Å². The number of alkyl halides is 1. The van der Waals surface area contributed by atoms with E-state index in [9.17, 15) is 0 Å². The zero-order valence-corrected chi connectivity index (χ0v) is 11.9. The van der Waals surface area contributed by atoms with E-state index in [4.69, 9.17) is 32.7 Å². The van der Waals surface area contributed by atoms with Crippen LogP contribution in [-0.4, -0.2) is 18.8 Å². The molecule has 0 saturated heterocycles.